The molecule has 0 fully saturated rings. The van der Waals surface area contributed by atoms with Crippen LogP contribution in [0, 0.1) is 12.8 Å². The number of benzene rings is 2. The van der Waals surface area contributed by atoms with E-state index < -0.39 is 0 Å². The number of para-hydroxylation sites is 2. The number of aryl methyl sites for hydroxylation is 1. The molecule has 1 aliphatic heterocycles. The highest BCUT2D eigenvalue weighted by molar-refractivity contribution is 5.39. The zero-order valence-electron chi connectivity index (χ0n) is 13.5. The lowest BCUT2D eigenvalue weighted by Crippen LogP contribution is -2.36. The second-order valence-electron chi connectivity index (χ2n) is 6.18. The number of fused-ring (bicyclic) bond motifs is 1. The molecule has 116 valence electrons. The van der Waals surface area contributed by atoms with Gasteiger partial charge in [0.05, 0.1) is 6.61 Å². The van der Waals surface area contributed by atoms with Gasteiger partial charge in [0.2, 0.25) is 0 Å². The van der Waals surface area contributed by atoms with Gasteiger partial charge in [0.15, 0.2) is 0 Å². The van der Waals surface area contributed by atoms with E-state index in [1.54, 1.807) is 0 Å². The Morgan fingerprint density at radius 2 is 1.82 bits per heavy atom. The highest BCUT2D eigenvalue weighted by atomic mass is 16.5. The first-order valence-corrected chi connectivity index (χ1v) is 7.74. The third-order valence-corrected chi connectivity index (χ3v) is 4.05. The van der Waals surface area contributed by atoms with E-state index in [0.29, 0.717) is 12.5 Å². The van der Waals surface area contributed by atoms with Crippen LogP contribution < -0.4 is 9.47 Å². The zero-order chi connectivity index (χ0) is 15.5. The minimum Gasteiger partial charge on any atom is -0.493 e. The van der Waals surface area contributed by atoms with Crippen LogP contribution >= 0.6 is 0 Å². The first-order chi connectivity index (χ1) is 10.6. The topological polar surface area (TPSA) is 21.7 Å². The molecule has 0 aliphatic carbocycles. The molecule has 0 N–H and O–H groups in total. The Morgan fingerprint density at radius 1 is 1.09 bits per heavy atom. The summed E-state index contributed by atoms with van der Waals surface area (Å²) in [6.07, 6.45) is 0.0217. The summed E-state index contributed by atoms with van der Waals surface area (Å²) in [5.74, 6) is 2.20. The van der Waals surface area contributed by atoms with Gasteiger partial charge in [-0.1, -0.05) is 36.4 Å². The maximum atomic E-state index is 6.42. The number of rotatable bonds is 4. The maximum absolute atomic E-state index is 6.42. The normalized spacial score (nSPS) is 20.4. The average Bonchev–Trinajstić information content (AvgIpc) is 2.51. The Morgan fingerprint density at radius 3 is 2.59 bits per heavy atom. The first kappa shape index (κ1) is 14.9. The Bertz CT molecular complexity index is 639. The molecule has 0 radical (unpaired) electrons. The molecule has 0 saturated heterocycles. The van der Waals surface area contributed by atoms with E-state index in [0.717, 1.165) is 29.2 Å². The van der Waals surface area contributed by atoms with Gasteiger partial charge in [-0.05, 0) is 38.7 Å². The quantitative estimate of drug-likeness (QED) is 0.859. The fourth-order valence-electron chi connectivity index (χ4n) is 2.99. The fourth-order valence-corrected chi connectivity index (χ4v) is 2.99. The number of ether oxygens (including phenoxy) is 2. The molecule has 1 heterocycles. The second-order valence-corrected chi connectivity index (χ2v) is 6.18. The van der Waals surface area contributed by atoms with Crippen LogP contribution in [0.5, 0.6) is 11.5 Å². The monoisotopic (exact) mass is 297 g/mol. The number of hydrogen-bond donors (Lipinski definition) is 0. The summed E-state index contributed by atoms with van der Waals surface area (Å²) >= 11 is 0. The molecule has 0 unspecified atom stereocenters. The summed E-state index contributed by atoms with van der Waals surface area (Å²) in [6, 6.07) is 16.4. The fraction of sp³-hybridized carbons (Fsp3) is 0.368. The second kappa shape index (κ2) is 6.41. The zero-order valence-corrected chi connectivity index (χ0v) is 13.5. The molecule has 3 rings (SSSR count). The van der Waals surface area contributed by atoms with E-state index in [9.17, 15) is 0 Å². The molecular weight excluding hydrogens is 274 g/mol. The number of hydrogen-bond acceptors (Lipinski definition) is 3. The molecule has 0 spiro atoms. The summed E-state index contributed by atoms with van der Waals surface area (Å²) in [7, 11) is 4.18. The van der Waals surface area contributed by atoms with Crippen LogP contribution in [-0.4, -0.2) is 32.1 Å². The molecule has 1 aliphatic rings. The van der Waals surface area contributed by atoms with Crippen molar-refractivity contribution in [1.82, 2.24) is 4.90 Å². The van der Waals surface area contributed by atoms with E-state index in [1.165, 1.54) is 0 Å². The van der Waals surface area contributed by atoms with Crippen molar-refractivity contribution in [3.05, 3.63) is 59.7 Å². The van der Waals surface area contributed by atoms with Gasteiger partial charge in [-0.15, -0.1) is 0 Å². The Hall–Kier alpha value is -2.00. The van der Waals surface area contributed by atoms with Crippen molar-refractivity contribution in [2.24, 2.45) is 5.92 Å². The average molecular weight is 297 g/mol. The van der Waals surface area contributed by atoms with Crippen LogP contribution in [0.25, 0.3) is 0 Å². The minimum absolute atomic E-state index is 0.0217. The molecule has 0 bridgehead atoms. The maximum Gasteiger partial charge on any atom is 0.135 e. The molecule has 3 heteroatoms. The van der Waals surface area contributed by atoms with Crippen LogP contribution in [0.4, 0.5) is 0 Å². The van der Waals surface area contributed by atoms with E-state index in [1.807, 2.05) is 30.3 Å². The van der Waals surface area contributed by atoms with E-state index >= 15 is 0 Å². The van der Waals surface area contributed by atoms with Crippen molar-refractivity contribution in [2.75, 3.05) is 27.2 Å². The summed E-state index contributed by atoms with van der Waals surface area (Å²) in [6.45, 7) is 3.71. The third kappa shape index (κ3) is 3.09. The molecule has 22 heavy (non-hydrogen) atoms. The summed E-state index contributed by atoms with van der Waals surface area (Å²) in [5.41, 5.74) is 2.30. The summed E-state index contributed by atoms with van der Waals surface area (Å²) in [4.78, 5) is 2.19. The van der Waals surface area contributed by atoms with Gasteiger partial charge in [0, 0.05) is 18.0 Å². The van der Waals surface area contributed by atoms with Crippen LogP contribution in [0.1, 0.15) is 17.2 Å². The Balaban J connectivity index is 1.93. The van der Waals surface area contributed by atoms with Crippen molar-refractivity contribution >= 4 is 0 Å². The minimum atomic E-state index is 0.0217. The predicted octanol–water partition coefficient (Wildman–Crippen LogP) is 3.69. The van der Waals surface area contributed by atoms with Crippen molar-refractivity contribution in [1.29, 1.82) is 0 Å². The van der Waals surface area contributed by atoms with Gasteiger partial charge >= 0.3 is 0 Å². The molecule has 2 aromatic carbocycles. The molecule has 3 nitrogen and oxygen atoms in total. The highest BCUT2D eigenvalue weighted by Crippen LogP contribution is 2.39. The van der Waals surface area contributed by atoms with Crippen molar-refractivity contribution in [2.45, 2.75) is 13.0 Å². The van der Waals surface area contributed by atoms with Gasteiger partial charge < -0.3 is 14.4 Å². The number of nitrogens with zero attached hydrogens (tertiary/aromatic N) is 1. The largest absolute Gasteiger partial charge is 0.493 e. The lowest BCUT2D eigenvalue weighted by Gasteiger charge is -2.35. The molecule has 0 aromatic heterocycles. The predicted molar refractivity (Wildman–Crippen MR) is 88.5 cm³/mol. The van der Waals surface area contributed by atoms with Crippen LogP contribution in [0.15, 0.2) is 48.5 Å². The molecule has 2 atom stereocenters. The van der Waals surface area contributed by atoms with Crippen molar-refractivity contribution in [3.63, 3.8) is 0 Å². The third-order valence-electron chi connectivity index (χ3n) is 4.05. The molecule has 0 saturated carbocycles. The molecular formula is C19H23NO2. The van der Waals surface area contributed by atoms with E-state index in [4.69, 9.17) is 9.47 Å². The smallest absolute Gasteiger partial charge is 0.135 e. The van der Waals surface area contributed by atoms with Crippen LogP contribution in [0.2, 0.25) is 0 Å². The van der Waals surface area contributed by atoms with E-state index in [-0.39, 0.29) is 6.10 Å². The van der Waals surface area contributed by atoms with Gasteiger partial charge in [-0.2, -0.15) is 0 Å². The van der Waals surface area contributed by atoms with Gasteiger partial charge in [-0.3, -0.25) is 0 Å². The Kier molecular flexibility index (Phi) is 4.34. The van der Waals surface area contributed by atoms with Crippen LogP contribution in [-0.2, 0) is 0 Å². The SMILES string of the molecule is Cc1ccccc1O[C@H]1c2ccccc2OC[C@@H]1CN(C)C. The van der Waals surface area contributed by atoms with E-state index in [2.05, 4.69) is 44.1 Å². The highest BCUT2D eigenvalue weighted by Gasteiger charge is 2.33. The molecule has 2 aromatic rings. The standard InChI is InChI=1S/C19H23NO2/c1-14-8-4-6-10-17(14)22-19-15(12-20(2)3)13-21-18-11-7-5-9-16(18)19/h4-11,15,19H,12-13H2,1-3H3/t15-,19+/m0/s1. The van der Waals surface area contributed by atoms with Gasteiger partial charge in [-0.25, -0.2) is 0 Å². The molecule has 0 amide bonds. The van der Waals surface area contributed by atoms with Gasteiger partial charge in [0.25, 0.3) is 0 Å². The summed E-state index contributed by atoms with van der Waals surface area (Å²) < 4.78 is 12.3. The van der Waals surface area contributed by atoms with Gasteiger partial charge in [0.1, 0.15) is 17.6 Å². The lowest BCUT2D eigenvalue weighted by atomic mass is 9.92. The van der Waals surface area contributed by atoms with Crippen molar-refractivity contribution < 1.29 is 9.47 Å². The van der Waals surface area contributed by atoms with Crippen molar-refractivity contribution in [3.8, 4) is 11.5 Å². The summed E-state index contributed by atoms with van der Waals surface area (Å²) in [5, 5.41) is 0. The van der Waals surface area contributed by atoms with Crippen LogP contribution in [0.3, 0.4) is 0 Å². The lowest BCUT2D eigenvalue weighted by molar-refractivity contribution is 0.0538. The Labute approximate surface area is 132 Å². The first-order valence-electron chi connectivity index (χ1n) is 7.74.